The first-order chi connectivity index (χ1) is 14.9. The van der Waals surface area contributed by atoms with Gasteiger partial charge in [-0.1, -0.05) is 28.4 Å². The molecule has 0 radical (unpaired) electrons. The summed E-state index contributed by atoms with van der Waals surface area (Å²) in [5.74, 6) is 1.21. The smallest absolute Gasteiger partial charge is 0.126 e. The van der Waals surface area contributed by atoms with E-state index in [1.165, 1.54) is 23.3 Å². The summed E-state index contributed by atoms with van der Waals surface area (Å²) in [7, 11) is 2.58. The van der Waals surface area contributed by atoms with Gasteiger partial charge < -0.3 is 19.7 Å². The van der Waals surface area contributed by atoms with Gasteiger partial charge in [0.2, 0.25) is 0 Å². The van der Waals surface area contributed by atoms with E-state index in [9.17, 15) is 14.6 Å². The lowest BCUT2D eigenvalue weighted by Crippen LogP contribution is -2.45. The number of halogens is 1. The first kappa shape index (κ1) is 22.5. The van der Waals surface area contributed by atoms with Crippen LogP contribution in [0.2, 0.25) is 0 Å². The zero-order valence-electron chi connectivity index (χ0n) is 17.8. The summed E-state index contributed by atoms with van der Waals surface area (Å²) in [6.07, 6.45) is 1.93. The van der Waals surface area contributed by atoms with Crippen molar-refractivity contribution < 1.29 is 24.1 Å². The van der Waals surface area contributed by atoms with Crippen LogP contribution < -0.4 is 9.47 Å². The zero-order chi connectivity index (χ0) is 22.0. The number of rotatable bonds is 7. The van der Waals surface area contributed by atoms with Crippen molar-refractivity contribution >= 4 is 9.39 Å². The Balaban J connectivity index is 1.28. The maximum atomic E-state index is 13.4. The normalized spacial score (nSPS) is 22.1. The van der Waals surface area contributed by atoms with E-state index < -0.39 is 12.2 Å². The zero-order valence-corrected chi connectivity index (χ0v) is 19.0. The van der Waals surface area contributed by atoms with Gasteiger partial charge in [0.25, 0.3) is 0 Å². The minimum Gasteiger partial charge on any atom is -0.487 e. The number of aliphatic hydroxyl groups is 2. The highest BCUT2D eigenvalue weighted by molar-refractivity contribution is 7.13. The van der Waals surface area contributed by atoms with Crippen LogP contribution in [0.1, 0.15) is 36.5 Å². The molecule has 2 heterocycles. The van der Waals surface area contributed by atoms with Gasteiger partial charge in [0.1, 0.15) is 41.7 Å². The largest absolute Gasteiger partial charge is 0.487 e. The number of benzene rings is 2. The molecule has 0 aromatic heterocycles. The van der Waals surface area contributed by atoms with E-state index in [2.05, 4.69) is 28.4 Å². The molecule has 168 valence electrons. The van der Waals surface area contributed by atoms with Crippen LogP contribution >= 0.6 is 9.39 Å². The molecule has 0 spiro atoms. The Labute approximate surface area is 185 Å². The third-order valence-electron chi connectivity index (χ3n) is 6.21. The lowest BCUT2D eigenvalue weighted by atomic mass is 9.96. The SMILES string of the molecule is CCc1ccc2c(c1)CCC(C(O)CN(P)CC(O)C1CCc3cc(F)ccc3O1)O2. The number of nitrogens with zero attached hydrogens (tertiary/aromatic N) is 1. The highest BCUT2D eigenvalue weighted by Crippen LogP contribution is 2.31. The van der Waals surface area contributed by atoms with Crippen molar-refractivity contribution in [1.82, 2.24) is 4.67 Å². The molecule has 5 nitrogen and oxygen atoms in total. The number of aryl methyl sites for hydroxylation is 3. The molecule has 7 heteroatoms. The van der Waals surface area contributed by atoms with Crippen LogP contribution in [-0.4, -0.2) is 52.4 Å². The Morgan fingerprint density at radius 1 is 0.968 bits per heavy atom. The van der Waals surface area contributed by atoms with Gasteiger partial charge in [-0.3, -0.25) is 4.67 Å². The average molecular weight is 447 g/mol. The Morgan fingerprint density at radius 3 is 2.10 bits per heavy atom. The van der Waals surface area contributed by atoms with Gasteiger partial charge in [0.05, 0.1) is 0 Å². The number of aliphatic hydroxyl groups excluding tert-OH is 2. The molecular formula is C24H31FNO4P. The van der Waals surface area contributed by atoms with Gasteiger partial charge in [0.15, 0.2) is 0 Å². The number of hydrogen-bond donors (Lipinski definition) is 2. The van der Waals surface area contributed by atoms with E-state index in [0.29, 0.717) is 31.7 Å². The summed E-state index contributed by atoms with van der Waals surface area (Å²) in [5, 5.41) is 21.4. The molecule has 2 aliphatic rings. The fraction of sp³-hybridized carbons (Fsp3) is 0.500. The maximum absolute atomic E-state index is 13.4. The van der Waals surface area contributed by atoms with E-state index in [-0.39, 0.29) is 18.0 Å². The summed E-state index contributed by atoms with van der Waals surface area (Å²) in [4.78, 5) is 0. The maximum Gasteiger partial charge on any atom is 0.126 e. The fourth-order valence-electron chi connectivity index (χ4n) is 4.39. The molecule has 0 aliphatic carbocycles. The van der Waals surface area contributed by atoms with Crippen molar-refractivity contribution in [1.29, 1.82) is 0 Å². The Morgan fingerprint density at radius 2 is 1.52 bits per heavy atom. The van der Waals surface area contributed by atoms with Crippen LogP contribution in [0, 0.1) is 5.82 Å². The quantitative estimate of drug-likeness (QED) is 0.638. The van der Waals surface area contributed by atoms with Crippen LogP contribution in [0.5, 0.6) is 11.5 Å². The number of ether oxygens (including phenoxy) is 2. The van der Waals surface area contributed by atoms with E-state index in [0.717, 1.165) is 30.6 Å². The summed E-state index contributed by atoms with van der Waals surface area (Å²) < 4.78 is 27.1. The molecule has 2 N–H and O–H groups in total. The summed E-state index contributed by atoms with van der Waals surface area (Å²) >= 11 is 0. The molecule has 4 rings (SSSR count). The molecule has 31 heavy (non-hydrogen) atoms. The lowest BCUT2D eigenvalue weighted by molar-refractivity contribution is -0.00755. The van der Waals surface area contributed by atoms with E-state index >= 15 is 0 Å². The predicted octanol–water partition coefficient (Wildman–Crippen LogP) is 3.29. The van der Waals surface area contributed by atoms with Gasteiger partial charge in [-0.2, -0.15) is 0 Å². The second-order valence-electron chi connectivity index (χ2n) is 8.53. The van der Waals surface area contributed by atoms with E-state index in [1.807, 2.05) is 10.7 Å². The van der Waals surface area contributed by atoms with E-state index in [4.69, 9.17) is 9.47 Å². The third kappa shape index (κ3) is 5.38. The molecule has 0 saturated carbocycles. The molecule has 2 aliphatic heterocycles. The number of fused-ring (bicyclic) bond motifs is 2. The molecule has 0 fully saturated rings. The van der Waals surface area contributed by atoms with Crippen LogP contribution in [0.4, 0.5) is 4.39 Å². The van der Waals surface area contributed by atoms with Crippen LogP contribution in [-0.2, 0) is 19.3 Å². The topological polar surface area (TPSA) is 62.2 Å². The Kier molecular flexibility index (Phi) is 7.12. The Bertz CT molecular complexity index is 911. The van der Waals surface area contributed by atoms with Crippen LogP contribution in [0.15, 0.2) is 36.4 Å². The van der Waals surface area contributed by atoms with Crippen molar-refractivity contribution in [2.24, 2.45) is 0 Å². The molecule has 0 bridgehead atoms. The number of hydrogen-bond acceptors (Lipinski definition) is 5. The molecule has 2 aromatic rings. The van der Waals surface area contributed by atoms with Gasteiger partial charge in [0, 0.05) is 13.1 Å². The van der Waals surface area contributed by atoms with Crippen molar-refractivity contribution in [3.8, 4) is 11.5 Å². The van der Waals surface area contributed by atoms with Crippen LogP contribution in [0.3, 0.4) is 0 Å². The summed E-state index contributed by atoms with van der Waals surface area (Å²) in [5.41, 5.74) is 3.34. The van der Waals surface area contributed by atoms with Crippen molar-refractivity contribution in [2.45, 2.75) is 63.4 Å². The Hall–Kier alpha value is -1.72. The molecule has 0 saturated heterocycles. The molecule has 2 aromatic carbocycles. The van der Waals surface area contributed by atoms with Crippen molar-refractivity contribution in [3.05, 3.63) is 58.9 Å². The molecule has 5 atom stereocenters. The second-order valence-corrected chi connectivity index (χ2v) is 9.26. The van der Waals surface area contributed by atoms with Gasteiger partial charge in [-0.15, -0.1) is 0 Å². The molecular weight excluding hydrogens is 416 g/mol. The summed E-state index contributed by atoms with van der Waals surface area (Å²) in [6, 6.07) is 10.7. The highest BCUT2D eigenvalue weighted by Gasteiger charge is 2.30. The monoisotopic (exact) mass is 447 g/mol. The first-order valence-electron chi connectivity index (χ1n) is 11.0. The molecule has 0 amide bonds. The minimum absolute atomic E-state index is 0.270. The van der Waals surface area contributed by atoms with Gasteiger partial charge >= 0.3 is 0 Å². The average Bonchev–Trinajstić information content (AvgIpc) is 2.77. The van der Waals surface area contributed by atoms with E-state index in [1.54, 1.807) is 6.07 Å². The fourth-order valence-corrected chi connectivity index (χ4v) is 4.83. The summed E-state index contributed by atoms with van der Waals surface area (Å²) in [6.45, 7) is 2.84. The van der Waals surface area contributed by atoms with Crippen molar-refractivity contribution in [2.75, 3.05) is 13.1 Å². The predicted molar refractivity (Wildman–Crippen MR) is 121 cm³/mol. The van der Waals surface area contributed by atoms with Gasteiger partial charge in [-0.25, -0.2) is 4.39 Å². The van der Waals surface area contributed by atoms with Crippen molar-refractivity contribution in [3.63, 3.8) is 0 Å². The lowest BCUT2D eigenvalue weighted by Gasteiger charge is -2.34. The van der Waals surface area contributed by atoms with Gasteiger partial charge in [-0.05, 0) is 73.1 Å². The third-order valence-corrected chi connectivity index (χ3v) is 6.63. The second kappa shape index (κ2) is 9.83. The first-order valence-corrected chi connectivity index (χ1v) is 11.5. The highest BCUT2D eigenvalue weighted by atomic mass is 31.0. The standard InChI is InChI=1S/C24H31FNO4P/c1-2-15-3-7-21-16(11-15)4-8-23(29-21)19(27)13-26(31)14-20(28)24-9-5-17-12-18(25)6-10-22(17)30-24/h3,6-7,10-12,19-20,23-24,27-28H,2,4-5,8-9,13-14,31H2,1H3. The molecule has 5 unspecified atom stereocenters. The van der Waals surface area contributed by atoms with Crippen LogP contribution in [0.25, 0.3) is 0 Å². The minimum atomic E-state index is -0.719.